The van der Waals surface area contributed by atoms with Crippen LogP contribution in [-0.2, 0) is 0 Å². The summed E-state index contributed by atoms with van der Waals surface area (Å²) in [6.07, 6.45) is 0. The minimum Gasteiger partial charge on any atom is -0.288 e. The van der Waals surface area contributed by atoms with Gasteiger partial charge in [0.2, 0.25) is 0 Å². The van der Waals surface area contributed by atoms with Crippen molar-refractivity contribution in [2.45, 2.75) is 0 Å². The highest BCUT2D eigenvalue weighted by Gasteiger charge is 2.29. The Morgan fingerprint density at radius 1 is 0.900 bits per heavy atom. The number of amides is 2. The van der Waals surface area contributed by atoms with E-state index in [-0.39, 0.29) is 5.56 Å². The largest absolute Gasteiger partial charge is 0.288 e. The van der Waals surface area contributed by atoms with E-state index in [0.717, 1.165) is 5.69 Å². The number of benzene rings is 2. The highest BCUT2D eigenvalue weighted by atomic mass is 16.2. The van der Waals surface area contributed by atoms with Crippen LogP contribution in [0.3, 0.4) is 0 Å². The molecule has 3 rings (SSSR count). The van der Waals surface area contributed by atoms with Crippen molar-refractivity contribution in [3.8, 4) is 0 Å². The molecule has 2 amide bonds. The number of nitrogens with one attached hydrogen (secondary N) is 2. The molecule has 98 valence electrons. The zero-order chi connectivity index (χ0) is 13.9. The first-order valence-corrected chi connectivity index (χ1v) is 5.96. The average Bonchev–Trinajstić information content (AvgIpc) is 2.76. The Hall–Kier alpha value is -3.02. The summed E-state index contributed by atoms with van der Waals surface area (Å²) in [5, 5.41) is 10.0. The van der Waals surface area contributed by atoms with Crippen molar-refractivity contribution in [1.82, 2.24) is 5.32 Å². The van der Waals surface area contributed by atoms with Crippen LogP contribution in [0.15, 0.2) is 58.9 Å². The molecule has 2 aromatic rings. The molecule has 0 aromatic heterocycles. The van der Waals surface area contributed by atoms with Crippen LogP contribution in [0.1, 0.15) is 20.7 Å². The van der Waals surface area contributed by atoms with Crippen molar-refractivity contribution in [3.05, 3.63) is 59.7 Å². The van der Waals surface area contributed by atoms with E-state index in [1.807, 2.05) is 30.3 Å². The summed E-state index contributed by atoms with van der Waals surface area (Å²) < 4.78 is 0. The average molecular weight is 266 g/mol. The monoisotopic (exact) mass is 266 g/mol. The van der Waals surface area contributed by atoms with Crippen molar-refractivity contribution in [2.24, 2.45) is 10.3 Å². The fourth-order valence-corrected chi connectivity index (χ4v) is 1.93. The summed E-state index contributed by atoms with van der Waals surface area (Å²) in [7, 11) is 0. The van der Waals surface area contributed by atoms with Crippen LogP contribution < -0.4 is 10.7 Å². The van der Waals surface area contributed by atoms with Gasteiger partial charge in [-0.2, -0.15) is 0 Å². The highest BCUT2D eigenvalue weighted by Crippen LogP contribution is 2.26. The lowest BCUT2D eigenvalue weighted by Gasteiger charge is -2.00. The number of imide groups is 1. The molecule has 6 nitrogen and oxygen atoms in total. The Bertz CT molecular complexity index is 710. The standard InChI is InChI=1S/C14H10N4O2/c19-13-10-7-4-8-11(12(10)14(20)15-13)17-18-16-9-5-2-1-3-6-9/h1-8H,(H,16,17)(H,15,19,20). The molecule has 1 aliphatic heterocycles. The molecule has 1 heterocycles. The molecule has 0 unspecified atom stereocenters. The lowest BCUT2D eigenvalue weighted by atomic mass is 10.1. The fraction of sp³-hybridized carbons (Fsp3) is 0. The molecule has 0 aliphatic carbocycles. The Morgan fingerprint density at radius 2 is 1.70 bits per heavy atom. The van der Waals surface area contributed by atoms with Crippen molar-refractivity contribution >= 4 is 23.2 Å². The molecule has 0 atom stereocenters. The second kappa shape index (κ2) is 4.93. The second-order valence-electron chi connectivity index (χ2n) is 4.16. The van der Waals surface area contributed by atoms with Crippen molar-refractivity contribution in [3.63, 3.8) is 0 Å². The highest BCUT2D eigenvalue weighted by molar-refractivity contribution is 6.23. The zero-order valence-corrected chi connectivity index (χ0v) is 10.3. The van der Waals surface area contributed by atoms with E-state index < -0.39 is 11.8 Å². The second-order valence-corrected chi connectivity index (χ2v) is 4.16. The molecule has 0 radical (unpaired) electrons. The Morgan fingerprint density at radius 3 is 2.50 bits per heavy atom. The Balaban J connectivity index is 1.86. The summed E-state index contributed by atoms with van der Waals surface area (Å²) in [6, 6.07) is 14.2. The molecule has 0 saturated carbocycles. The molecular formula is C14H10N4O2. The number of anilines is 1. The maximum absolute atomic E-state index is 11.7. The van der Waals surface area contributed by atoms with Gasteiger partial charge >= 0.3 is 0 Å². The van der Waals surface area contributed by atoms with Crippen LogP contribution in [0.5, 0.6) is 0 Å². The number of para-hydroxylation sites is 1. The summed E-state index contributed by atoms with van der Waals surface area (Å²) in [5.41, 5.74) is 4.48. The van der Waals surface area contributed by atoms with Crippen molar-refractivity contribution in [1.29, 1.82) is 0 Å². The number of rotatable bonds is 3. The maximum atomic E-state index is 11.7. The summed E-state index contributed by atoms with van der Waals surface area (Å²) in [4.78, 5) is 23.2. The van der Waals surface area contributed by atoms with Crippen molar-refractivity contribution < 1.29 is 9.59 Å². The summed E-state index contributed by atoms with van der Waals surface area (Å²) >= 11 is 0. The summed E-state index contributed by atoms with van der Waals surface area (Å²) in [5.74, 6) is -0.850. The zero-order valence-electron chi connectivity index (χ0n) is 10.3. The van der Waals surface area contributed by atoms with Gasteiger partial charge in [0.25, 0.3) is 11.8 Å². The minimum atomic E-state index is -0.445. The topological polar surface area (TPSA) is 82.9 Å². The van der Waals surface area contributed by atoms with E-state index in [1.54, 1.807) is 18.2 Å². The number of hydrogen-bond acceptors (Lipinski definition) is 4. The number of fused-ring (bicyclic) bond motifs is 1. The van der Waals surface area contributed by atoms with E-state index in [1.165, 1.54) is 0 Å². The van der Waals surface area contributed by atoms with Gasteiger partial charge in [-0.15, -0.1) is 5.11 Å². The quantitative estimate of drug-likeness (QED) is 0.509. The van der Waals surface area contributed by atoms with Gasteiger partial charge in [-0.1, -0.05) is 29.5 Å². The number of hydrogen-bond donors (Lipinski definition) is 2. The Labute approximate surface area is 114 Å². The van der Waals surface area contributed by atoms with Crippen molar-refractivity contribution in [2.75, 3.05) is 5.43 Å². The Kier molecular flexibility index (Phi) is 2.96. The molecule has 20 heavy (non-hydrogen) atoms. The third-order valence-corrected chi connectivity index (χ3v) is 2.85. The van der Waals surface area contributed by atoms with Gasteiger partial charge in [0, 0.05) is 0 Å². The third-order valence-electron chi connectivity index (χ3n) is 2.85. The molecular weight excluding hydrogens is 256 g/mol. The SMILES string of the molecule is O=C1NC(=O)c2c(N=NNc3ccccc3)cccc21. The van der Waals surface area contributed by atoms with Crippen LogP contribution >= 0.6 is 0 Å². The third kappa shape index (κ3) is 2.14. The first-order chi connectivity index (χ1) is 9.75. The van der Waals surface area contributed by atoms with E-state index in [0.29, 0.717) is 11.3 Å². The van der Waals surface area contributed by atoms with Gasteiger partial charge < -0.3 is 0 Å². The first-order valence-electron chi connectivity index (χ1n) is 5.96. The maximum Gasteiger partial charge on any atom is 0.261 e. The van der Waals surface area contributed by atoms with Crippen LogP contribution in [0, 0.1) is 0 Å². The minimum absolute atomic E-state index is 0.260. The smallest absolute Gasteiger partial charge is 0.261 e. The summed E-state index contributed by atoms with van der Waals surface area (Å²) in [6.45, 7) is 0. The van der Waals surface area contributed by atoms with Gasteiger partial charge in [0.1, 0.15) is 5.69 Å². The molecule has 6 heteroatoms. The fourth-order valence-electron chi connectivity index (χ4n) is 1.93. The van der Waals surface area contributed by atoms with Crippen LogP contribution in [0.2, 0.25) is 0 Å². The van der Waals surface area contributed by atoms with E-state index >= 15 is 0 Å². The van der Waals surface area contributed by atoms with Crippen LogP contribution in [0.4, 0.5) is 11.4 Å². The molecule has 0 bridgehead atoms. The lowest BCUT2D eigenvalue weighted by Crippen LogP contribution is -2.19. The number of nitrogens with zero attached hydrogens (tertiary/aromatic N) is 2. The van der Waals surface area contributed by atoms with E-state index in [2.05, 4.69) is 21.1 Å². The first kappa shape index (κ1) is 12.0. The molecule has 1 aliphatic rings. The van der Waals surface area contributed by atoms with Gasteiger partial charge in [0.15, 0.2) is 0 Å². The molecule has 0 saturated heterocycles. The number of carbonyl (C=O) groups is 2. The molecule has 0 fully saturated rings. The predicted octanol–water partition coefficient (Wildman–Crippen LogP) is 2.68. The predicted molar refractivity (Wildman–Crippen MR) is 72.8 cm³/mol. The number of carbonyl (C=O) groups excluding carboxylic acids is 2. The molecule has 2 N–H and O–H groups in total. The van der Waals surface area contributed by atoms with Gasteiger partial charge in [-0.3, -0.25) is 20.3 Å². The lowest BCUT2D eigenvalue weighted by molar-refractivity contribution is 0.0880. The van der Waals surface area contributed by atoms with Crippen LogP contribution in [0.25, 0.3) is 0 Å². The molecule has 0 spiro atoms. The van der Waals surface area contributed by atoms with Gasteiger partial charge in [0.05, 0.1) is 16.8 Å². The molecule has 2 aromatic carbocycles. The normalized spacial score (nSPS) is 13.4. The van der Waals surface area contributed by atoms with E-state index in [4.69, 9.17) is 0 Å². The van der Waals surface area contributed by atoms with Gasteiger partial charge in [-0.25, -0.2) is 0 Å². The van der Waals surface area contributed by atoms with Crippen LogP contribution in [-0.4, -0.2) is 11.8 Å². The van der Waals surface area contributed by atoms with Gasteiger partial charge in [-0.05, 0) is 24.3 Å². The van der Waals surface area contributed by atoms with E-state index in [9.17, 15) is 9.59 Å².